The van der Waals surface area contributed by atoms with E-state index in [2.05, 4.69) is 9.97 Å². The average molecular weight is 281 g/mol. The Labute approximate surface area is 105 Å². The molecule has 1 aliphatic rings. The Kier molecular flexibility index (Phi) is 3.16. The Morgan fingerprint density at radius 1 is 1.44 bits per heavy atom. The molecule has 1 aromatic heterocycles. The van der Waals surface area contributed by atoms with Crippen LogP contribution >= 0.6 is 11.6 Å². The second-order valence-electron chi connectivity index (χ2n) is 3.84. The normalized spacial score (nSPS) is 20.6. The van der Waals surface area contributed by atoms with E-state index in [1.54, 1.807) is 0 Å². The van der Waals surface area contributed by atoms with Crippen molar-refractivity contribution in [1.29, 1.82) is 0 Å². The highest BCUT2D eigenvalue weighted by atomic mass is 35.5. The van der Waals surface area contributed by atoms with E-state index in [0.29, 0.717) is 6.07 Å². The highest BCUT2D eigenvalue weighted by Gasteiger charge is 2.36. The van der Waals surface area contributed by atoms with E-state index in [-0.39, 0.29) is 24.1 Å². The van der Waals surface area contributed by atoms with E-state index in [0.717, 1.165) is 4.90 Å². The lowest BCUT2D eigenvalue weighted by atomic mass is 10.3. The van der Waals surface area contributed by atoms with Crippen LogP contribution < -0.4 is 10.6 Å². The second kappa shape index (κ2) is 4.36. The van der Waals surface area contributed by atoms with Crippen molar-refractivity contribution in [3.63, 3.8) is 0 Å². The molecule has 0 bridgehead atoms. The van der Waals surface area contributed by atoms with E-state index in [1.807, 2.05) is 0 Å². The lowest BCUT2D eigenvalue weighted by Crippen LogP contribution is -2.30. The lowest BCUT2D eigenvalue weighted by molar-refractivity contribution is -0.141. The third kappa shape index (κ3) is 2.54. The van der Waals surface area contributed by atoms with Gasteiger partial charge in [0.2, 0.25) is 11.9 Å². The van der Waals surface area contributed by atoms with Crippen LogP contribution in [0.4, 0.5) is 19.1 Å². The van der Waals surface area contributed by atoms with Crippen molar-refractivity contribution in [1.82, 2.24) is 9.97 Å². The fourth-order valence-corrected chi connectivity index (χ4v) is 1.78. The molecule has 2 N–H and O–H groups in total. The van der Waals surface area contributed by atoms with Gasteiger partial charge in [0.05, 0.1) is 0 Å². The molecule has 1 aromatic rings. The quantitative estimate of drug-likeness (QED) is 0.785. The monoisotopic (exact) mass is 280 g/mol. The second-order valence-corrected chi connectivity index (χ2v) is 4.23. The van der Waals surface area contributed by atoms with E-state index in [1.165, 1.54) is 0 Å². The molecule has 98 valence electrons. The maximum Gasteiger partial charge on any atom is 0.433 e. The Hall–Kier alpha value is -1.41. The molecule has 1 fully saturated rings. The molecule has 9 heteroatoms. The molecule has 2 heterocycles. The number of carbonyl (C=O) groups excluding carboxylic acids is 1. The van der Waals surface area contributed by atoms with Crippen LogP contribution in [0.5, 0.6) is 0 Å². The minimum Gasteiger partial charge on any atom is -0.326 e. The van der Waals surface area contributed by atoms with Gasteiger partial charge < -0.3 is 5.73 Å². The predicted octanol–water partition coefficient (Wildman–Crippen LogP) is 1.21. The van der Waals surface area contributed by atoms with Gasteiger partial charge in [-0.25, -0.2) is 9.97 Å². The van der Waals surface area contributed by atoms with Gasteiger partial charge in [-0.15, -0.1) is 0 Å². The van der Waals surface area contributed by atoms with Crippen LogP contribution in [0.2, 0.25) is 5.15 Å². The summed E-state index contributed by atoms with van der Waals surface area (Å²) in [5, 5.41) is -0.374. The number of halogens is 4. The van der Waals surface area contributed by atoms with E-state index in [9.17, 15) is 18.0 Å². The molecule has 2 rings (SSSR count). The van der Waals surface area contributed by atoms with Gasteiger partial charge in [0, 0.05) is 25.1 Å². The molecule has 1 aliphatic heterocycles. The van der Waals surface area contributed by atoms with E-state index < -0.39 is 23.8 Å². The number of hydrogen-bond acceptors (Lipinski definition) is 4. The van der Waals surface area contributed by atoms with Gasteiger partial charge in [0.15, 0.2) is 5.69 Å². The number of nitrogens with zero attached hydrogens (tertiary/aromatic N) is 3. The highest BCUT2D eigenvalue weighted by molar-refractivity contribution is 6.29. The average Bonchev–Trinajstić information content (AvgIpc) is 2.55. The number of alkyl halides is 3. The Morgan fingerprint density at radius 2 is 2.11 bits per heavy atom. The number of aromatic nitrogens is 2. The molecule has 0 spiro atoms. The molecular formula is C9H8ClF3N4O. The number of carbonyl (C=O) groups is 1. The molecule has 1 amide bonds. The Balaban J connectivity index is 2.40. The molecule has 1 saturated heterocycles. The van der Waals surface area contributed by atoms with Crippen molar-refractivity contribution in [2.75, 3.05) is 11.4 Å². The van der Waals surface area contributed by atoms with Crippen LogP contribution in [-0.2, 0) is 11.0 Å². The summed E-state index contributed by atoms with van der Waals surface area (Å²) in [6.45, 7) is 0.0798. The Bertz CT molecular complexity index is 493. The van der Waals surface area contributed by atoms with Crippen LogP contribution in [-0.4, -0.2) is 28.5 Å². The molecule has 18 heavy (non-hydrogen) atoms. The minimum absolute atomic E-state index is 0.0528. The van der Waals surface area contributed by atoms with Gasteiger partial charge in [0.1, 0.15) is 5.15 Å². The van der Waals surface area contributed by atoms with Crippen LogP contribution in [0, 0.1) is 0 Å². The van der Waals surface area contributed by atoms with Gasteiger partial charge in [0.25, 0.3) is 0 Å². The number of hydrogen-bond donors (Lipinski definition) is 1. The molecule has 0 aromatic carbocycles. The number of nitrogens with two attached hydrogens (primary N) is 1. The standard InChI is InChI=1S/C9H8ClF3N4O/c10-6-2-5(9(11,12)13)15-8(16-6)17-3-4(14)1-7(17)18/h2,4H,1,3,14H2. The number of anilines is 1. The summed E-state index contributed by atoms with van der Waals surface area (Å²) in [4.78, 5) is 19.4. The number of amides is 1. The molecule has 0 aliphatic carbocycles. The van der Waals surface area contributed by atoms with E-state index in [4.69, 9.17) is 17.3 Å². The Morgan fingerprint density at radius 3 is 2.61 bits per heavy atom. The zero-order valence-corrected chi connectivity index (χ0v) is 9.66. The number of rotatable bonds is 1. The van der Waals surface area contributed by atoms with Crippen molar-refractivity contribution in [3.05, 3.63) is 16.9 Å². The zero-order chi connectivity index (χ0) is 13.5. The molecule has 5 nitrogen and oxygen atoms in total. The summed E-state index contributed by atoms with van der Waals surface area (Å²) in [6.07, 6.45) is -4.59. The highest BCUT2D eigenvalue weighted by Crippen LogP contribution is 2.30. The first-order chi connectivity index (χ1) is 8.27. The molecule has 1 unspecified atom stereocenters. The van der Waals surface area contributed by atoms with Gasteiger partial charge in [-0.3, -0.25) is 9.69 Å². The maximum atomic E-state index is 12.5. The summed E-state index contributed by atoms with van der Waals surface area (Å²) in [7, 11) is 0. The van der Waals surface area contributed by atoms with Crippen molar-refractivity contribution < 1.29 is 18.0 Å². The fraction of sp³-hybridized carbons (Fsp3) is 0.444. The van der Waals surface area contributed by atoms with E-state index >= 15 is 0 Å². The first kappa shape index (κ1) is 13.0. The summed E-state index contributed by atoms with van der Waals surface area (Å²) >= 11 is 5.50. The third-order valence-electron chi connectivity index (χ3n) is 2.37. The summed E-state index contributed by atoms with van der Waals surface area (Å²) in [5.41, 5.74) is 4.35. The van der Waals surface area contributed by atoms with Crippen LogP contribution in [0.25, 0.3) is 0 Å². The third-order valence-corrected chi connectivity index (χ3v) is 2.56. The largest absolute Gasteiger partial charge is 0.433 e. The minimum atomic E-state index is -4.65. The predicted molar refractivity (Wildman–Crippen MR) is 57.0 cm³/mol. The smallest absolute Gasteiger partial charge is 0.326 e. The SMILES string of the molecule is NC1CC(=O)N(c2nc(Cl)cc(C(F)(F)F)n2)C1. The molecule has 1 atom stereocenters. The van der Waals surface area contributed by atoms with Gasteiger partial charge in [-0.2, -0.15) is 13.2 Å². The van der Waals surface area contributed by atoms with Crippen LogP contribution in [0.1, 0.15) is 12.1 Å². The van der Waals surface area contributed by atoms with Crippen molar-refractivity contribution in [3.8, 4) is 0 Å². The van der Waals surface area contributed by atoms with Crippen LogP contribution in [0.15, 0.2) is 6.07 Å². The summed E-state index contributed by atoms with van der Waals surface area (Å²) in [6, 6.07) is 0.167. The molecule has 0 radical (unpaired) electrons. The first-order valence-corrected chi connectivity index (χ1v) is 5.33. The maximum absolute atomic E-state index is 12.5. The van der Waals surface area contributed by atoms with Gasteiger partial charge >= 0.3 is 6.18 Å². The fourth-order valence-electron chi connectivity index (χ4n) is 1.60. The molecule has 0 saturated carbocycles. The summed E-state index contributed by atoms with van der Waals surface area (Å²) < 4.78 is 37.6. The van der Waals surface area contributed by atoms with Gasteiger partial charge in [-0.1, -0.05) is 11.6 Å². The van der Waals surface area contributed by atoms with Crippen LogP contribution in [0.3, 0.4) is 0 Å². The zero-order valence-electron chi connectivity index (χ0n) is 8.91. The van der Waals surface area contributed by atoms with Gasteiger partial charge in [-0.05, 0) is 0 Å². The van der Waals surface area contributed by atoms with Crippen molar-refractivity contribution in [2.45, 2.75) is 18.6 Å². The first-order valence-electron chi connectivity index (χ1n) is 4.95. The van der Waals surface area contributed by atoms with Crippen molar-refractivity contribution in [2.24, 2.45) is 5.73 Å². The lowest BCUT2D eigenvalue weighted by Gasteiger charge is -2.15. The summed E-state index contributed by atoms with van der Waals surface area (Å²) in [5.74, 6) is -0.786. The topological polar surface area (TPSA) is 72.1 Å². The molecular weight excluding hydrogens is 273 g/mol. The van der Waals surface area contributed by atoms with Crippen molar-refractivity contribution >= 4 is 23.5 Å².